The summed E-state index contributed by atoms with van der Waals surface area (Å²) < 4.78 is 1.68. The van der Waals surface area contributed by atoms with Crippen molar-refractivity contribution < 1.29 is 14.7 Å². The highest BCUT2D eigenvalue weighted by atomic mass is 32.1. The minimum atomic E-state index is -0.788. The quantitative estimate of drug-likeness (QED) is 0.890. The van der Waals surface area contributed by atoms with Crippen LogP contribution in [-0.2, 0) is 11.8 Å². The van der Waals surface area contributed by atoms with Gasteiger partial charge in [-0.05, 0) is 19.3 Å². The van der Waals surface area contributed by atoms with Crippen LogP contribution >= 0.6 is 11.3 Å². The second-order valence-corrected chi connectivity index (χ2v) is 6.32. The minimum absolute atomic E-state index is 0.0860. The Balaban J connectivity index is 1.64. The maximum absolute atomic E-state index is 12.2. The number of aryl methyl sites for hydroxylation is 1. The molecule has 2 aromatic rings. The summed E-state index contributed by atoms with van der Waals surface area (Å²) in [6.45, 7) is 0. The topological polar surface area (TPSA) is 97.1 Å². The van der Waals surface area contributed by atoms with Crippen molar-refractivity contribution >= 4 is 23.2 Å². The molecular formula is C14H16N4O3S. The van der Waals surface area contributed by atoms with Gasteiger partial charge in [0.05, 0.1) is 12.1 Å². The van der Waals surface area contributed by atoms with Crippen molar-refractivity contribution in [2.45, 2.75) is 25.3 Å². The smallest absolute Gasteiger partial charge is 0.306 e. The van der Waals surface area contributed by atoms with E-state index >= 15 is 0 Å². The molecule has 2 N–H and O–H groups in total. The third-order valence-corrected chi connectivity index (χ3v) is 4.70. The molecule has 3 rings (SSSR count). The average Bonchev–Trinajstić information content (AvgIpc) is 3.16. The molecule has 0 spiro atoms. The lowest BCUT2D eigenvalue weighted by Gasteiger charge is -2.10. The summed E-state index contributed by atoms with van der Waals surface area (Å²) in [6, 6.07) is -0.0860. The first kappa shape index (κ1) is 14.7. The molecule has 0 unspecified atom stereocenters. The Hall–Kier alpha value is -2.22. The molecule has 8 heteroatoms. The molecule has 7 nitrogen and oxygen atoms in total. The lowest BCUT2D eigenvalue weighted by molar-refractivity contribution is -0.141. The zero-order valence-corrected chi connectivity index (χ0v) is 12.8. The number of aromatic nitrogens is 3. The van der Waals surface area contributed by atoms with Crippen LogP contribution in [0.2, 0.25) is 0 Å². The van der Waals surface area contributed by atoms with Gasteiger partial charge in [0.25, 0.3) is 5.91 Å². The van der Waals surface area contributed by atoms with E-state index in [1.807, 2.05) is 13.2 Å². The molecule has 2 atom stereocenters. The number of thiazole rings is 1. The van der Waals surface area contributed by atoms with Crippen LogP contribution in [0.5, 0.6) is 0 Å². The summed E-state index contributed by atoms with van der Waals surface area (Å²) in [6.07, 6.45) is 5.34. The molecule has 1 fully saturated rings. The number of carboxylic acids is 1. The minimum Gasteiger partial charge on any atom is -0.481 e. The van der Waals surface area contributed by atoms with Gasteiger partial charge in [0.15, 0.2) is 0 Å². The van der Waals surface area contributed by atoms with Gasteiger partial charge in [-0.2, -0.15) is 5.10 Å². The Morgan fingerprint density at radius 2 is 2.27 bits per heavy atom. The van der Waals surface area contributed by atoms with E-state index in [1.165, 1.54) is 11.3 Å². The molecule has 1 amide bonds. The molecule has 2 aromatic heterocycles. The molecule has 1 aliphatic rings. The van der Waals surface area contributed by atoms with Crippen LogP contribution in [0.1, 0.15) is 29.8 Å². The number of rotatable bonds is 4. The number of amides is 1. The van der Waals surface area contributed by atoms with Crippen LogP contribution < -0.4 is 5.32 Å². The number of carbonyl (C=O) groups is 2. The first-order valence-corrected chi connectivity index (χ1v) is 7.89. The fourth-order valence-corrected chi connectivity index (χ4v) is 3.41. The number of hydrogen-bond donors (Lipinski definition) is 2. The predicted molar refractivity (Wildman–Crippen MR) is 80.5 cm³/mol. The highest BCUT2D eigenvalue weighted by Gasteiger charge is 2.31. The van der Waals surface area contributed by atoms with E-state index in [2.05, 4.69) is 15.4 Å². The van der Waals surface area contributed by atoms with Gasteiger partial charge < -0.3 is 10.4 Å². The fourth-order valence-electron chi connectivity index (χ4n) is 2.64. The molecule has 1 aliphatic carbocycles. The second kappa shape index (κ2) is 5.88. The number of nitrogens with zero attached hydrogens (tertiary/aromatic N) is 3. The Bertz CT molecular complexity index is 709. The van der Waals surface area contributed by atoms with Crippen LogP contribution in [0.3, 0.4) is 0 Å². The summed E-state index contributed by atoms with van der Waals surface area (Å²) in [7, 11) is 1.82. The van der Waals surface area contributed by atoms with Crippen molar-refractivity contribution in [1.29, 1.82) is 0 Å². The van der Waals surface area contributed by atoms with E-state index in [9.17, 15) is 9.59 Å². The summed E-state index contributed by atoms with van der Waals surface area (Å²) in [4.78, 5) is 27.5. The highest BCUT2D eigenvalue weighted by Crippen LogP contribution is 2.27. The van der Waals surface area contributed by atoms with Crippen LogP contribution in [0.25, 0.3) is 10.6 Å². The number of nitrogens with one attached hydrogen (secondary N) is 1. The van der Waals surface area contributed by atoms with E-state index < -0.39 is 5.97 Å². The van der Waals surface area contributed by atoms with Gasteiger partial charge in [-0.25, -0.2) is 4.98 Å². The van der Waals surface area contributed by atoms with Gasteiger partial charge >= 0.3 is 5.97 Å². The third-order valence-electron chi connectivity index (χ3n) is 3.81. The molecule has 0 aliphatic heterocycles. The Morgan fingerprint density at radius 3 is 2.91 bits per heavy atom. The summed E-state index contributed by atoms with van der Waals surface area (Å²) >= 11 is 1.39. The first-order valence-electron chi connectivity index (χ1n) is 7.01. The van der Waals surface area contributed by atoms with Crippen molar-refractivity contribution in [3.8, 4) is 10.6 Å². The largest absolute Gasteiger partial charge is 0.481 e. The second-order valence-electron chi connectivity index (χ2n) is 5.46. The lowest BCUT2D eigenvalue weighted by Crippen LogP contribution is -2.33. The van der Waals surface area contributed by atoms with E-state index in [-0.39, 0.29) is 17.9 Å². The molecule has 0 saturated heterocycles. The van der Waals surface area contributed by atoms with E-state index in [4.69, 9.17) is 5.11 Å². The molecule has 2 heterocycles. The van der Waals surface area contributed by atoms with E-state index in [0.29, 0.717) is 25.0 Å². The van der Waals surface area contributed by atoms with Crippen molar-refractivity contribution in [3.63, 3.8) is 0 Å². The first-order chi connectivity index (χ1) is 10.5. The number of carboxylic acid groups (broad SMARTS) is 1. The molecule has 0 radical (unpaired) electrons. The van der Waals surface area contributed by atoms with E-state index in [0.717, 1.165) is 10.6 Å². The molecule has 0 aromatic carbocycles. The Labute approximate surface area is 131 Å². The molecular weight excluding hydrogens is 304 g/mol. The molecule has 22 heavy (non-hydrogen) atoms. The fraction of sp³-hybridized carbons (Fsp3) is 0.429. The average molecular weight is 320 g/mol. The summed E-state index contributed by atoms with van der Waals surface area (Å²) in [5.74, 6) is -1.39. The summed E-state index contributed by atoms with van der Waals surface area (Å²) in [5.41, 5.74) is 1.24. The Morgan fingerprint density at radius 1 is 1.45 bits per heavy atom. The number of carbonyl (C=O) groups excluding carboxylic acids is 1. The zero-order valence-electron chi connectivity index (χ0n) is 12.0. The Kier molecular flexibility index (Phi) is 3.93. The normalized spacial score (nSPS) is 21.0. The lowest BCUT2D eigenvalue weighted by atomic mass is 10.1. The summed E-state index contributed by atoms with van der Waals surface area (Å²) in [5, 5.41) is 18.4. The van der Waals surface area contributed by atoms with Gasteiger partial charge in [0.2, 0.25) is 0 Å². The predicted octanol–water partition coefficient (Wildman–Crippen LogP) is 1.53. The maximum Gasteiger partial charge on any atom is 0.306 e. The van der Waals surface area contributed by atoms with Crippen molar-refractivity contribution in [2.24, 2.45) is 13.0 Å². The zero-order chi connectivity index (χ0) is 15.7. The van der Waals surface area contributed by atoms with Crippen LogP contribution in [-0.4, -0.2) is 37.8 Å². The third kappa shape index (κ3) is 3.01. The van der Waals surface area contributed by atoms with Gasteiger partial charge in [-0.15, -0.1) is 11.3 Å². The van der Waals surface area contributed by atoms with Gasteiger partial charge in [0.1, 0.15) is 10.7 Å². The monoisotopic (exact) mass is 320 g/mol. The van der Waals surface area contributed by atoms with Crippen LogP contribution in [0, 0.1) is 5.92 Å². The molecule has 1 saturated carbocycles. The van der Waals surface area contributed by atoms with Gasteiger partial charge in [-0.1, -0.05) is 0 Å². The SMILES string of the molecule is Cn1cc(-c2nc(C(=O)N[C@H]3CC[C@@H](C(=O)O)C3)cs2)cn1. The number of aliphatic carboxylic acids is 1. The highest BCUT2D eigenvalue weighted by molar-refractivity contribution is 7.13. The van der Waals surface area contributed by atoms with Crippen LogP contribution in [0.4, 0.5) is 0 Å². The molecule has 116 valence electrons. The van der Waals surface area contributed by atoms with Crippen molar-refractivity contribution in [3.05, 3.63) is 23.5 Å². The number of hydrogen-bond acceptors (Lipinski definition) is 5. The van der Waals surface area contributed by atoms with Gasteiger partial charge in [0, 0.05) is 30.2 Å². The van der Waals surface area contributed by atoms with Gasteiger partial charge in [-0.3, -0.25) is 14.3 Å². The molecule has 0 bridgehead atoms. The maximum atomic E-state index is 12.2. The standard InChI is InChI=1S/C14H16N4O3S/c1-18-6-9(5-15-18)13-17-11(7-22-13)12(19)16-10-3-2-8(4-10)14(20)21/h5-8,10H,2-4H2,1H3,(H,16,19)(H,20,21)/t8-,10+/m1/s1. The van der Waals surface area contributed by atoms with Crippen molar-refractivity contribution in [1.82, 2.24) is 20.1 Å². The van der Waals surface area contributed by atoms with E-state index in [1.54, 1.807) is 16.3 Å². The van der Waals surface area contributed by atoms with Crippen LogP contribution in [0.15, 0.2) is 17.8 Å². The van der Waals surface area contributed by atoms with Crippen molar-refractivity contribution in [2.75, 3.05) is 0 Å².